The Hall–Kier alpha value is -3.32. The average Bonchev–Trinajstić information content (AvgIpc) is 2.93. The zero-order valence-electron chi connectivity index (χ0n) is 14.3. The Morgan fingerprint density at radius 3 is 2.88 bits per heavy atom. The number of rotatable bonds is 2. The van der Waals surface area contributed by atoms with Crippen LogP contribution in [0.4, 0.5) is 0 Å². The van der Waals surface area contributed by atoms with Crippen molar-refractivity contribution < 1.29 is 4.74 Å². The Kier molecular flexibility index (Phi) is 3.26. The highest BCUT2D eigenvalue weighted by Gasteiger charge is 2.31. The van der Waals surface area contributed by atoms with Gasteiger partial charge in [-0.05, 0) is 55.3 Å². The van der Waals surface area contributed by atoms with Gasteiger partial charge >= 0.3 is 0 Å². The molecule has 4 rings (SSSR count). The van der Waals surface area contributed by atoms with E-state index in [0.717, 1.165) is 56.8 Å². The lowest BCUT2D eigenvalue weighted by molar-refractivity contribution is 0.508. The summed E-state index contributed by atoms with van der Waals surface area (Å²) in [5.41, 5.74) is 8.37. The molecular weight excluding hydrogens is 310 g/mol. The van der Waals surface area contributed by atoms with Gasteiger partial charge in [0.15, 0.2) is 0 Å². The van der Waals surface area contributed by atoms with Crippen LogP contribution >= 0.6 is 0 Å². The van der Waals surface area contributed by atoms with E-state index in [-0.39, 0.29) is 0 Å². The zero-order valence-corrected chi connectivity index (χ0v) is 14.3. The standard InChI is InChI=1S/C21H17N3O/c1-12(2)18-9-20-21-16(10-24(20)14(4)13(18)3)7-15-8-17(25-11-22)5-6-19(15)23-21/h5-9H,1,4,10H2,2-3H3. The molecule has 0 radical (unpaired) electrons. The van der Waals surface area contributed by atoms with Crippen LogP contribution in [0.5, 0.6) is 5.75 Å². The number of hydrogen-bond donors (Lipinski definition) is 0. The largest absolute Gasteiger partial charge is 0.388 e. The van der Waals surface area contributed by atoms with Crippen molar-refractivity contribution in [1.29, 1.82) is 5.26 Å². The minimum atomic E-state index is 0.526. The van der Waals surface area contributed by atoms with Gasteiger partial charge < -0.3 is 9.64 Å². The van der Waals surface area contributed by atoms with Crippen LogP contribution < -0.4 is 4.74 Å². The number of benzene rings is 1. The van der Waals surface area contributed by atoms with E-state index in [9.17, 15) is 0 Å². The molecule has 1 aromatic carbocycles. The highest BCUT2D eigenvalue weighted by atomic mass is 16.5. The predicted octanol–water partition coefficient (Wildman–Crippen LogP) is 4.67. The maximum Gasteiger partial charge on any atom is 0.292 e. The highest BCUT2D eigenvalue weighted by Crippen LogP contribution is 2.43. The second-order valence-corrected chi connectivity index (χ2v) is 6.43. The molecule has 0 saturated carbocycles. The SMILES string of the molecule is C=C(C)C1=C(C)C(=C)N2Cc3cc4cc(OC#N)ccc4nc3C2=C1. The van der Waals surface area contributed by atoms with Crippen LogP contribution in [-0.2, 0) is 6.54 Å². The molecule has 0 amide bonds. The Balaban J connectivity index is 1.88. The van der Waals surface area contributed by atoms with Crippen molar-refractivity contribution in [3.05, 3.63) is 77.2 Å². The van der Waals surface area contributed by atoms with E-state index >= 15 is 0 Å². The first-order chi connectivity index (χ1) is 12.0. The zero-order chi connectivity index (χ0) is 17.7. The van der Waals surface area contributed by atoms with Crippen molar-refractivity contribution in [2.45, 2.75) is 20.4 Å². The van der Waals surface area contributed by atoms with E-state index in [1.54, 1.807) is 12.3 Å². The number of aromatic nitrogens is 1. The third-order valence-electron chi connectivity index (χ3n) is 4.79. The predicted molar refractivity (Wildman–Crippen MR) is 98.2 cm³/mol. The van der Waals surface area contributed by atoms with Gasteiger partial charge in [0.2, 0.25) is 0 Å². The van der Waals surface area contributed by atoms with Crippen molar-refractivity contribution in [3.63, 3.8) is 0 Å². The van der Waals surface area contributed by atoms with Crippen molar-refractivity contribution in [3.8, 4) is 12.0 Å². The maximum atomic E-state index is 8.69. The first-order valence-electron chi connectivity index (χ1n) is 8.05. The molecule has 0 spiro atoms. The van der Waals surface area contributed by atoms with Gasteiger partial charge in [0.25, 0.3) is 6.26 Å². The monoisotopic (exact) mass is 327 g/mol. The van der Waals surface area contributed by atoms with Crippen LogP contribution in [0, 0.1) is 11.5 Å². The molecule has 0 atom stereocenters. The Labute approximate surface area is 146 Å². The second-order valence-electron chi connectivity index (χ2n) is 6.43. The van der Waals surface area contributed by atoms with E-state index in [1.807, 2.05) is 19.1 Å². The number of allylic oxidation sites excluding steroid dienone is 4. The molecule has 2 aliphatic heterocycles. The Morgan fingerprint density at radius 1 is 1.36 bits per heavy atom. The van der Waals surface area contributed by atoms with E-state index < -0.39 is 0 Å². The number of hydrogen-bond acceptors (Lipinski definition) is 4. The molecule has 2 aliphatic rings. The first kappa shape index (κ1) is 15.2. The van der Waals surface area contributed by atoms with Crippen LogP contribution in [0.2, 0.25) is 0 Å². The van der Waals surface area contributed by atoms with Gasteiger partial charge in [-0.3, -0.25) is 0 Å². The van der Waals surface area contributed by atoms with E-state index in [2.05, 4.69) is 37.1 Å². The number of pyridine rings is 1. The summed E-state index contributed by atoms with van der Waals surface area (Å²) in [6.07, 6.45) is 3.86. The normalized spacial score (nSPS) is 15.6. The molecule has 0 saturated heterocycles. The molecule has 0 unspecified atom stereocenters. The molecule has 4 heteroatoms. The molecule has 25 heavy (non-hydrogen) atoms. The van der Waals surface area contributed by atoms with Crippen LogP contribution in [-0.4, -0.2) is 9.88 Å². The lowest BCUT2D eigenvalue weighted by Gasteiger charge is -2.29. The quantitative estimate of drug-likeness (QED) is 0.752. The highest BCUT2D eigenvalue weighted by molar-refractivity contribution is 5.86. The Morgan fingerprint density at radius 2 is 2.16 bits per heavy atom. The minimum Gasteiger partial charge on any atom is -0.388 e. The summed E-state index contributed by atoms with van der Waals surface area (Å²) >= 11 is 0. The van der Waals surface area contributed by atoms with Gasteiger partial charge in [0.05, 0.1) is 23.5 Å². The average molecular weight is 327 g/mol. The summed E-state index contributed by atoms with van der Waals surface area (Å²) in [6.45, 7) is 13.2. The Bertz CT molecular complexity index is 1070. The number of nitriles is 1. The van der Waals surface area contributed by atoms with Crippen LogP contribution in [0.3, 0.4) is 0 Å². The molecule has 0 N–H and O–H groups in total. The fourth-order valence-electron chi connectivity index (χ4n) is 3.47. The second kappa shape index (κ2) is 5.35. The molecule has 3 heterocycles. The third-order valence-corrected chi connectivity index (χ3v) is 4.79. The van der Waals surface area contributed by atoms with E-state index in [1.165, 1.54) is 0 Å². The van der Waals surface area contributed by atoms with Gasteiger partial charge in [-0.15, -0.1) is 5.26 Å². The van der Waals surface area contributed by atoms with Gasteiger partial charge in [-0.2, -0.15) is 0 Å². The van der Waals surface area contributed by atoms with Gasteiger partial charge in [-0.25, -0.2) is 4.98 Å². The molecule has 0 bridgehead atoms. The van der Waals surface area contributed by atoms with E-state index in [4.69, 9.17) is 15.0 Å². The lowest BCUT2D eigenvalue weighted by Crippen LogP contribution is -2.19. The molecule has 2 aromatic rings. The third kappa shape index (κ3) is 2.25. The molecule has 4 nitrogen and oxygen atoms in total. The van der Waals surface area contributed by atoms with Crippen molar-refractivity contribution in [1.82, 2.24) is 9.88 Å². The van der Waals surface area contributed by atoms with Gasteiger partial charge in [0, 0.05) is 16.6 Å². The van der Waals surface area contributed by atoms with Crippen molar-refractivity contribution in [2.75, 3.05) is 0 Å². The number of nitrogens with zero attached hydrogens (tertiary/aromatic N) is 3. The van der Waals surface area contributed by atoms with E-state index in [0.29, 0.717) is 5.75 Å². The summed E-state index contributed by atoms with van der Waals surface area (Å²) < 4.78 is 4.92. The maximum absolute atomic E-state index is 8.69. The first-order valence-corrected chi connectivity index (χ1v) is 8.05. The number of ether oxygens (including phenoxy) is 1. The molecule has 122 valence electrons. The number of fused-ring (bicyclic) bond motifs is 4. The smallest absolute Gasteiger partial charge is 0.292 e. The fourth-order valence-corrected chi connectivity index (χ4v) is 3.47. The molecule has 0 fully saturated rings. The van der Waals surface area contributed by atoms with Crippen molar-refractivity contribution in [2.24, 2.45) is 0 Å². The summed E-state index contributed by atoms with van der Waals surface area (Å²) in [7, 11) is 0. The molecular formula is C21H17N3O. The van der Waals surface area contributed by atoms with Gasteiger partial charge in [-0.1, -0.05) is 18.7 Å². The van der Waals surface area contributed by atoms with Crippen LogP contribution in [0.1, 0.15) is 25.1 Å². The van der Waals surface area contributed by atoms with Crippen molar-refractivity contribution >= 4 is 16.6 Å². The van der Waals surface area contributed by atoms with Gasteiger partial charge in [0.1, 0.15) is 5.75 Å². The molecule has 0 aliphatic carbocycles. The molecule has 1 aromatic heterocycles. The lowest BCUT2D eigenvalue weighted by atomic mass is 9.96. The van der Waals surface area contributed by atoms with Crippen LogP contribution in [0.15, 0.2) is 65.9 Å². The summed E-state index contributed by atoms with van der Waals surface area (Å²) in [6, 6.07) is 7.60. The minimum absolute atomic E-state index is 0.526. The topological polar surface area (TPSA) is 49.1 Å². The fraction of sp³-hybridized carbons (Fsp3) is 0.143. The summed E-state index contributed by atoms with van der Waals surface area (Å²) in [5.74, 6) is 0.526. The summed E-state index contributed by atoms with van der Waals surface area (Å²) in [5, 5.41) is 9.65. The van der Waals surface area contributed by atoms with Crippen LogP contribution in [0.25, 0.3) is 16.6 Å². The summed E-state index contributed by atoms with van der Waals surface area (Å²) in [4.78, 5) is 7.05.